The molecule has 92 valence electrons. The molecule has 3 nitrogen and oxygen atoms in total. The summed E-state index contributed by atoms with van der Waals surface area (Å²) in [6.07, 6.45) is 13.2. The molecule has 1 aliphatic heterocycles. The highest BCUT2D eigenvalue weighted by atomic mass is 15.2. The number of H-pyrrole nitrogens is 1. The molecule has 0 bridgehead atoms. The van der Waals surface area contributed by atoms with Crippen molar-refractivity contribution >= 4 is 0 Å². The molecule has 2 aliphatic rings. The molecule has 0 amide bonds. The van der Waals surface area contributed by atoms with Gasteiger partial charge in [0, 0.05) is 30.4 Å². The second-order valence-corrected chi connectivity index (χ2v) is 5.27. The topological polar surface area (TPSA) is 31.9 Å². The van der Waals surface area contributed by atoms with Crippen LogP contribution in [-0.4, -0.2) is 34.2 Å². The average Bonchev–Trinajstić information content (AvgIpc) is 2.94. The molecule has 0 radical (unpaired) electrons. The first-order chi connectivity index (χ1) is 8.43. The van der Waals surface area contributed by atoms with Crippen LogP contribution in [0, 0.1) is 0 Å². The number of hydrogen-bond donors (Lipinski definition) is 1. The van der Waals surface area contributed by atoms with E-state index in [0.29, 0.717) is 12.0 Å². The van der Waals surface area contributed by atoms with Crippen LogP contribution in [0.2, 0.25) is 0 Å². The molecule has 1 aliphatic carbocycles. The van der Waals surface area contributed by atoms with Crippen LogP contribution in [0.1, 0.15) is 43.7 Å². The van der Waals surface area contributed by atoms with Crippen molar-refractivity contribution in [1.82, 2.24) is 15.1 Å². The highest BCUT2D eigenvalue weighted by Crippen LogP contribution is 2.28. The van der Waals surface area contributed by atoms with Crippen molar-refractivity contribution in [2.45, 2.75) is 44.1 Å². The number of hydrogen-bond acceptors (Lipinski definition) is 2. The minimum absolute atomic E-state index is 0.654. The summed E-state index contributed by atoms with van der Waals surface area (Å²) < 4.78 is 0. The van der Waals surface area contributed by atoms with Gasteiger partial charge in [0.25, 0.3) is 0 Å². The first-order valence-corrected chi connectivity index (χ1v) is 6.83. The lowest BCUT2D eigenvalue weighted by atomic mass is 9.92. The zero-order valence-electron chi connectivity index (χ0n) is 10.3. The number of allylic oxidation sites excluding steroid dienone is 1. The van der Waals surface area contributed by atoms with Crippen LogP contribution in [0.25, 0.3) is 0 Å². The third-order valence-corrected chi connectivity index (χ3v) is 4.11. The first kappa shape index (κ1) is 11.0. The number of nitrogens with one attached hydrogen (secondary N) is 1. The van der Waals surface area contributed by atoms with Gasteiger partial charge in [0.05, 0.1) is 0 Å². The van der Waals surface area contributed by atoms with Crippen LogP contribution in [0.5, 0.6) is 0 Å². The van der Waals surface area contributed by atoms with Gasteiger partial charge in [-0.1, -0.05) is 12.2 Å². The fraction of sp³-hybridized carbons (Fsp3) is 0.643. The Labute approximate surface area is 103 Å². The van der Waals surface area contributed by atoms with E-state index in [0.717, 1.165) is 0 Å². The van der Waals surface area contributed by atoms with Gasteiger partial charge in [-0.2, -0.15) is 5.10 Å². The normalized spacial score (nSPS) is 30.6. The van der Waals surface area contributed by atoms with Crippen molar-refractivity contribution in [2.75, 3.05) is 13.1 Å². The number of piperidine rings is 1. The summed E-state index contributed by atoms with van der Waals surface area (Å²) in [6.45, 7) is 2.46. The minimum Gasteiger partial charge on any atom is -0.296 e. The van der Waals surface area contributed by atoms with E-state index in [9.17, 15) is 0 Å². The van der Waals surface area contributed by atoms with Gasteiger partial charge in [0.2, 0.25) is 0 Å². The van der Waals surface area contributed by atoms with E-state index in [1.807, 2.05) is 6.20 Å². The van der Waals surface area contributed by atoms with Gasteiger partial charge >= 0.3 is 0 Å². The molecule has 2 heterocycles. The molecule has 3 rings (SSSR count). The van der Waals surface area contributed by atoms with E-state index < -0.39 is 0 Å². The smallest absolute Gasteiger partial charge is 0.0490 e. The van der Waals surface area contributed by atoms with Crippen LogP contribution >= 0.6 is 0 Å². The second-order valence-electron chi connectivity index (χ2n) is 5.27. The Morgan fingerprint density at radius 3 is 3.06 bits per heavy atom. The highest BCUT2D eigenvalue weighted by Gasteiger charge is 2.26. The number of nitrogens with zero attached hydrogens (tertiary/aromatic N) is 2. The molecule has 1 N–H and O–H groups in total. The van der Waals surface area contributed by atoms with Gasteiger partial charge in [0.15, 0.2) is 0 Å². The van der Waals surface area contributed by atoms with Crippen molar-refractivity contribution in [3.63, 3.8) is 0 Å². The SMILES string of the molecule is C1=C[C@@H](N2CCC[C@H](c3ccn[nH]3)C2)CCC1. The molecule has 17 heavy (non-hydrogen) atoms. The van der Waals surface area contributed by atoms with E-state index >= 15 is 0 Å². The standard InChI is InChI=1S/C14H21N3/c1-2-6-13(7-3-1)17-10-4-5-12(11-17)14-8-9-15-16-14/h2,6,8-9,12-13H,1,3-5,7,10-11H2,(H,15,16)/t12-,13+/m0/s1. The number of aromatic amines is 1. The maximum Gasteiger partial charge on any atom is 0.0490 e. The van der Waals surface area contributed by atoms with Crippen LogP contribution in [-0.2, 0) is 0 Å². The van der Waals surface area contributed by atoms with Crippen molar-refractivity contribution < 1.29 is 0 Å². The van der Waals surface area contributed by atoms with Crippen molar-refractivity contribution in [3.05, 3.63) is 30.1 Å². The predicted molar refractivity (Wildman–Crippen MR) is 68.9 cm³/mol. The second kappa shape index (κ2) is 5.05. The maximum absolute atomic E-state index is 4.08. The van der Waals surface area contributed by atoms with Gasteiger partial charge in [-0.05, 0) is 44.7 Å². The third kappa shape index (κ3) is 2.44. The lowest BCUT2D eigenvalue weighted by molar-refractivity contribution is 0.161. The first-order valence-electron chi connectivity index (χ1n) is 6.83. The summed E-state index contributed by atoms with van der Waals surface area (Å²) in [4.78, 5) is 2.66. The molecule has 0 spiro atoms. The Morgan fingerprint density at radius 2 is 2.29 bits per heavy atom. The van der Waals surface area contributed by atoms with E-state index in [1.165, 1.54) is 50.9 Å². The van der Waals surface area contributed by atoms with E-state index in [4.69, 9.17) is 0 Å². The molecule has 0 aromatic carbocycles. The van der Waals surface area contributed by atoms with E-state index in [2.05, 4.69) is 33.3 Å². The fourth-order valence-corrected chi connectivity index (χ4v) is 3.15. The van der Waals surface area contributed by atoms with Gasteiger partial charge < -0.3 is 0 Å². The molecule has 0 unspecified atom stereocenters. The van der Waals surface area contributed by atoms with Crippen molar-refractivity contribution in [3.8, 4) is 0 Å². The molecule has 1 aromatic rings. The van der Waals surface area contributed by atoms with Crippen LogP contribution in [0.15, 0.2) is 24.4 Å². The van der Waals surface area contributed by atoms with Gasteiger partial charge in [0.1, 0.15) is 0 Å². The summed E-state index contributed by atoms with van der Waals surface area (Å²) in [7, 11) is 0. The van der Waals surface area contributed by atoms with E-state index in [-0.39, 0.29) is 0 Å². The minimum atomic E-state index is 0.654. The predicted octanol–water partition coefficient (Wildman–Crippen LogP) is 2.70. The van der Waals surface area contributed by atoms with Crippen LogP contribution < -0.4 is 0 Å². The summed E-state index contributed by atoms with van der Waals surface area (Å²) in [6, 6.07) is 2.82. The molecule has 1 saturated heterocycles. The van der Waals surface area contributed by atoms with E-state index in [1.54, 1.807) is 0 Å². The van der Waals surface area contributed by atoms with Gasteiger partial charge in [-0.15, -0.1) is 0 Å². The molecule has 1 fully saturated rings. The Bertz CT molecular complexity index is 369. The maximum atomic E-state index is 4.08. The van der Waals surface area contributed by atoms with Gasteiger partial charge in [-0.25, -0.2) is 0 Å². The average molecular weight is 231 g/mol. The Balaban J connectivity index is 1.67. The largest absolute Gasteiger partial charge is 0.296 e. The molecule has 1 aromatic heterocycles. The summed E-state index contributed by atoms with van der Waals surface area (Å²) in [5, 5.41) is 7.21. The number of aromatic nitrogens is 2. The highest BCUT2D eigenvalue weighted by molar-refractivity contribution is 5.09. The zero-order chi connectivity index (χ0) is 11.5. The number of likely N-dealkylation sites (tertiary alicyclic amines) is 1. The monoisotopic (exact) mass is 231 g/mol. The van der Waals surface area contributed by atoms with Crippen LogP contribution in [0.4, 0.5) is 0 Å². The van der Waals surface area contributed by atoms with Crippen molar-refractivity contribution in [1.29, 1.82) is 0 Å². The summed E-state index contributed by atoms with van der Waals surface area (Å²) in [5.74, 6) is 0.654. The zero-order valence-corrected chi connectivity index (χ0v) is 10.3. The summed E-state index contributed by atoms with van der Waals surface area (Å²) >= 11 is 0. The Hall–Kier alpha value is -1.09. The Morgan fingerprint density at radius 1 is 1.29 bits per heavy atom. The molecule has 3 heteroatoms. The molecule has 0 saturated carbocycles. The lowest BCUT2D eigenvalue weighted by Crippen LogP contribution is -2.41. The Kier molecular flexibility index (Phi) is 3.27. The van der Waals surface area contributed by atoms with Gasteiger partial charge in [-0.3, -0.25) is 10.00 Å². The van der Waals surface area contributed by atoms with Crippen LogP contribution in [0.3, 0.4) is 0 Å². The lowest BCUT2D eigenvalue weighted by Gasteiger charge is -2.37. The number of rotatable bonds is 2. The van der Waals surface area contributed by atoms with Crippen molar-refractivity contribution in [2.24, 2.45) is 0 Å². The third-order valence-electron chi connectivity index (χ3n) is 4.11. The molecular weight excluding hydrogens is 210 g/mol. The quantitative estimate of drug-likeness (QED) is 0.794. The summed E-state index contributed by atoms with van der Waals surface area (Å²) in [5.41, 5.74) is 1.31. The molecular formula is C14H21N3. The fourth-order valence-electron chi connectivity index (χ4n) is 3.15. The molecule has 2 atom stereocenters.